The third kappa shape index (κ3) is 3.60. The largest absolute Gasteiger partial charge is 0.311 e. The first-order valence-electron chi connectivity index (χ1n) is 10.6. The molecule has 4 aromatic rings. The molecule has 1 aliphatic rings. The number of H-pyrrole nitrogens is 1. The normalized spacial score (nSPS) is 13.4. The lowest BCUT2D eigenvalue weighted by atomic mass is 10.0. The molecule has 32 heavy (non-hydrogen) atoms. The first-order chi connectivity index (χ1) is 15.5. The van der Waals surface area contributed by atoms with E-state index in [1.807, 2.05) is 55.1 Å². The van der Waals surface area contributed by atoms with Crippen molar-refractivity contribution in [1.82, 2.24) is 19.7 Å². The van der Waals surface area contributed by atoms with Gasteiger partial charge in [0.2, 0.25) is 5.91 Å². The van der Waals surface area contributed by atoms with Gasteiger partial charge >= 0.3 is 0 Å². The Balaban J connectivity index is 1.43. The molecule has 1 N–H and O–H groups in total. The number of amides is 1. The number of fused-ring (bicyclic) bond motifs is 2. The fraction of sp³-hybridized carbons (Fsp3) is 0.250. The highest BCUT2D eigenvalue weighted by Crippen LogP contribution is 2.28. The number of hydrogen-bond acceptors (Lipinski definition) is 5. The molecule has 0 saturated carbocycles. The summed E-state index contributed by atoms with van der Waals surface area (Å²) in [6.07, 6.45) is 3.47. The Bertz CT molecular complexity index is 1390. The van der Waals surface area contributed by atoms with E-state index < -0.39 is 0 Å². The zero-order valence-corrected chi connectivity index (χ0v) is 18.8. The van der Waals surface area contributed by atoms with Crippen molar-refractivity contribution in [3.63, 3.8) is 0 Å². The highest BCUT2D eigenvalue weighted by molar-refractivity contribution is 7.99. The standard InChI is InChI=1S/C24H23N5O2S/c1-15-7-5-11-19(16(15)2)29-22-18(13-25-29)23(31)27-24(26-22)32-14-21(30)28-12-6-9-17-8-3-4-10-20(17)28/h3-5,7-8,10-11,13H,6,9,12,14H2,1-2H3,(H,26,27,31). The van der Waals surface area contributed by atoms with Crippen molar-refractivity contribution in [2.45, 2.75) is 31.8 Å². The number of nitrogens with one attached hydrogen (secondary N) is 1. The molecule has 2 aromatic heterocycles. The second kappa shape index (κ2) is 8.27. The number of anilines is 1. The van der Waals surface area contributed by atoms with Gasteiger partial charge < -0.3 is 9.88 Å². The third-order valence-corrected chi connectivity index (χ3v) is 6.82. The molecule has 0 aliphatic carbocycles. The van der Waals surface area contributed by atoms with Gasteiger partial charge in [0.25, 0.3) is 5.56 Å². The number of aryl methyl sites for hydroxylation is 2. The van der Waals surface area contributed by atoms with Gasteiger partial charge in [-0.2, -0.15) is 5.10 Å². The minimum atomic E-state index is -0.259. The Morgan fingerprint density at radius 2 is 1.94 bits per heavy atom. The number of aromatic nitrogens is 4. The van der Waals surface area contributed by atoms with Crippen LogP contribution in [0.3, 0.4) is 0 Å². The number of nitrogens with zero attached hydrogens (tertiary/aromatic N) is 4. The average molecular weight is 446 g/mol. The van der Waals surface area contributed by atoms with Crippen LogP contribution >= 0.6 is 11.8 Å². The van der Waals surface area contributed by atoms with Gasteiger partial charge in [0.05, 0.1) is 17.6 Å². The van der Waals surface area contributed by atoms with Crippen molar-refractivity contribution in [3.8, 4) is 5.69 Å². The monoisotopic (exact) mass is 445 g/mol. The van der Waals surface area contributed by atoms with E-state index in [0.29, 0.717) is 22.7 Å². The first-order valence-corrected chi connectivity index (χ1v) is 11.6. The molecule has 3 heterocycles. The average Bonchev–Trinajstić information content (AvgIpc) is 3.23. The minimum Gasteiger partial charge on any atom is -0.311 e. The van der Waals surface area contributed by atoms with Crippen LogP contribution in [0.4, 0.5) is 5.69 Å². The predicted molar refractivity (Wildman–Crippen MR) is 127 cm³/mol. The van der Waals surface area contributed by atoms with E-state index in [4.69, 9.17) is 0 Å². The zero-order valence-electron chi connectivity index (χ0n) is 18.0. The van der Waals surface area contributed by atoms with E-state index in [1.54, 1.807) is 4.68 Å². The number of rotatable bonds is 4. The van der Waals surface area contributed by atoms with Crippen molar-refractivity contribution >= 4 is 34.4 Å². The number of benzene rings is 2. The van der Waals surface area contributed by atoms with E-state index in [2.05, 4.69) is 21.1 Å². The van der Waals surface area contributed by atoms with Crippen molar-refractivity contribution < 1.29 is 4.79 Å². The lowest BCUT2D eigenvalue weighted by Crippen LogP contribution is -2.36. The van der Waals surface area contributed by atoms with Crippen LogP contribution in [0.15, 0.2) is 58.6 Å². The SMILES string of the molecule is Cc1cccc(-n2ncc3c(=O)[nH]c(SCC(=O)N4CCCc5ccccc54)nc32)c1C. The lowest BCUT2D eigenvalue weighted by molar-refractivity contribution is -0.116. The molecule has 1 amide bonds. The van der Waals surface area contributed by atoms with Crippen molar-refractivity contribution in [3.05, 3.63) is 75.7 Å². The summed E-state index contributed by atoms with van der Waals surface area (Å²) in [6, 6.07) is 14.0. The van der Waals surface area contributed by atoms with Gasteiger partial charge in [0, 0.05) is 12.2 Å². The highest BCUT2D eigenvalue weighted by atomic mass is 32.2. The van der Waals surface area contributed by atoms with Gasteiger partial charge in [-0.1, -0.05) is 42.1 Å². The van der Waals surface area contributed by atoms with Crippen LogP contribution in [-0.4, -0.2) is 38.0 Å². The molecule has 0 radical (unpaired) electrons. The zero-order chi connectivity index (χ0) is 22.2. The lowest BCUT2D eigenvalue weighted by Gasteiger charge is -2.29. The molecule has 162 valence electrons. The first kappa shape index (κ1) is 20.5. The molecule has 0 saturated heterocycles. The summed E-state index contributed by atoms with van der Waals surface area (Å²) in [6.45, 7) is 4.77. The summed E-state index contributed by atoms with van der Waals surface area (Å²) >= 11 is 1.24. The van der Waals surface area contributed by atoms with Gasteiger partial charge in [0.15, 0.2) is 10.8 Å². The smallest absolute Gasteiger partial charge is 0.262 e. The molecule has 1 aliphatic heterocycles. The Kier molecular flexibility index (Phi) is 5.30. The summed E-state index contributed by atoms with van der Waals surface area (Å²) < 4.78 is 1.69. The highest BCUT2D eigenvalue weighted by Gasteiger charge is 2.22. The van der Waals surface area contributed by atoms with Gasteiger partial charge in [-0.25, -0.2) is 9.67 Å². The fourth-order valence-electron chi connectivity index (χ4n) is 4.11. The molecule has 7 nitrogen and oxygen atoms in total. The van der Waals surface area contributed by atoms with Crippen LogP contribution < -0.4 is 10.5 Å². The van der Waals surface area contributed by atoms with E-state index >= 15 is 0 Å². The molecule has 5 rings (SSSR count). The molecular weight excluding hydrogens is 422 g/mol. The molecule has 0 unspecified atom stereocenters. The van der Waals surface area contributed by atoms with Gasteiger partial charge in [-0.15, -0.1) is 0 Å². The minimum absolute atomic E-state index is 0.00734. The molecule has 8 heteroatoms. The van der Waals surface area contributed by atoms with E-state index in [-0.39, 0.29) is 17.2 Å². The maximum atomic E-state index is 13.0. The van der Waals surface area contributed by atoms with Gasteiger partial charge in [-0.3, -0.25) is 9.59 Å². The predicted octanol–water partition coefficient (Wildman–Crippen LogP) is 3.80. The summed E-state index contributed by atoms with van der Waals surface area (Å²) in [5, 5.41) is 5.25. The topological polar surface area (TPSA) is 83.9 Å². The number of thioether (sulfide) groups is 1. The van der Waals surface area contributed by atoms with E-state index in [1.165, 1.54) is 23.5 Å². The number of para-hydroxylation sites is 1. The molecule has 2 aromatic carbocycles. The molecule has 0 fully saturated rings. The molecule has 0 atom stereocenters. The maximum Gasteiger partial charge on any atom is 0.262 e. The van der Waals surface area contributed by atoms with Crippen LogP contribution in [0.2, 0.25) is 0 Å². The fourth-order valence-corrected chi connectivity index (χ4v) is 4.84. The Morgan fingerprint density at radius 3 is 2.81 bits per heavy atom. The van der Waals surface area contributed by atoms with Crippen molar-refractivity contribution in [2.75, 3.05) is 17.2 Å². The van der Waals surface area contributed by atoms with Gasteiger partial charge in [0.1, 0.15) is 5.39 Å². The number of aromatic amines is 1. The summed E-state index contributed by atoms with van der Waals surface area (Å²) in [5.41, 5.74) is 5.50. The van der Waals surface area contributed by atoms with Crippen molar-refractivity contribution in [1.29, 1.82) is 0 Å². The van der Waals surface area contributed by atoms with Crippen LogP contribution in [0, 0.1) is 13.8 Å². The molecular formula is C24H23N5O2S. The molecule has 0 bridgehead atoms. The second-order valence-corrected chi connectivity index (χ2v) is 8.91. The van der Waals surface area contributed by atoms with Crippen LogP contribution in [-0.2, 0) is 11.2 Å². The molecule has 0 spiro atoms. The number of carbonyl (C=O) groups is 1. The quantitative estimate of drug-likeness (QED) is 0.382. The van der Waals surface area contributed by atoms with Crippen LogP contribution in [0.1, 0.15) is 23.1 Å². The number of hydrogen-bond donors (Lipinski definition) is 1. The van der Waals surface area contributed by atoms with E-state index in [0.717, 1.165) is 35.3 Å². The van der Waals surface area contributed by atoms with Gasteiger partial charge in [-0.05, 0) is 55.5 Å². The maximum absolute atomic E-state index is 13.0. The summed E-state index contributed by atoms with van der Waals surface area (Å²) in [4.78, 5) is 34.9. The second-order valence-electron chi connectivity index (χ2n) is 7.95. The van der Waals surface area contributed by atoms with Crippen LogP contribution in [0.25, 0.3) is 16.7 Å². The summed E-state index contributed by atoms with van der Waals surface area (Å²) in [5.74, 6) is 0.202. The number of carbonyl (C=O) groups excluding carboxylic acids is 1. The van der Waals surface area contributed by atoms with Crippen LogP contribution in [0.5, 0.6) is 0 Å². The Morgan fingerprint density at radius 1 is 1.12 bits per heavy atom. The van der Waals surface area contributed by atoms with Crippen molar-refractivity contribution in [2.24, 2.45) is 0 Å². The Labute approximate surface area is 189 Å². The van der Waals surface area contributed by atoms with E-state index in [9.17, 15) is 9.59 Å². The third-order valence-electron chi connectivity index (χ3n) is 5.96. The Hall–Kier alpha value is -3.39. The summed E-state index contributed by atoms with van der Waals surface area (Å²) in [7, 11) is 0.